The summed E-state index contributed by atoms with van der Waals surface area (Å²) in [5, 5.41) is 9.37. The highest BCUT2D eigenvalue weighted by atomic mass is 16.3. The van der Waals surface area contributed by atoms with Gasteiger partial charge in [0, 0.05) is 12.6 Å². The van der Waals surface area contributed by atoms with Crippen molar-refractivity contribution in [2.75, 3.05) is 13.1 Å². The molecule has 2 heteroatoms. The standard InChI is InChI=1S/C11H23NO/c1-3-11-7-5-4-6-8-12(11)9-10(2)13/h10-11,13H,3-9H2,1-2H3/t10-,11?/m1/s1. The smallest absolute Gasteiger partial charge is 0.0639 e. The Morgan fingerprint density at radius 1 is 1.38 bits per heavy atom. The van der Waals surface area contributed by atoms with E-state index in [0.29, 0.717) is 0 Å². The number of aliphatic hydroxyl groups excluding tert-OH is 1. The van der Waals surface area contributed by atoms with E-state index in [1.165, 1.54) is 38.6 Å². The van der Waals surface area contributed by atoms with Crippen molar-refractivity contribution in [3.05, 3.63) is 0 Å². The van der Waals surface area contributed by atoms with Crippen LogP contribution in [0.5, 0.6) is 0 Å². The van der Waals surface area contributed by atoms with Crippen LogP contribution in [0.15, 0.2) is 0 Å². The molecule has 78 valence electrons. The normalized spacial score (nSPS) is 28.4. The Kier molecular flexibility index (Phi) is 4.74. The monoisotopic (exact) mass is 185 g/mol. The average molecular weight is 185 g/mol. The number of nitrogens with zero attached hydrogens (tertiary/aromatic N) is 1. The molecule has 0 saturated carbocycles. The zero-order chi connectivity index (χ0) is 9.68. The quantitative estimate of drug-likeness (QED) is 0.727. The fourth-order valence-corrected chi connectivity index (χ4v) is 2.28. The summed E-state index contributed by atoms with van der Waals surface area (Å²) in [6.07, 6.45) is 6.42. The summed E-state index contributed by atoms with van der Waals surface area (Å²) in [7, 11) is 0. The zero-order valence-electron chi connectivity index (χ0n) is 9.00. The zero-order valence-corrected chi connectivity index (χ0v) is 9.00. The second kappa shape index (κ2) is 5.61. The molecule has 0 amide bonds. The van der Waals surface area contributed by atoms with Crippen LogP contribution >= 0.6 is 0 Å². The molecule has 2 nitrogen and oxygen atoms in total. The highest BCUT2D eigenvalue weighted by Gasteiger charge is 2.19. The van der Waals surface area contributed by atoms with Crippen LogP contribution in [0.1, 0.15) is 46.0 Å². The van der Waals surface area contributed by atoms with Crippen molar-refractivity contribution >= 4 is 0 Å². The van der Waals surface area contributed by atoms with Gasteiger partial charge in [-0.2, -0.15) is 0 Å². The summed E-state index contributed by atoms with van der Waals surface area (Å²) in [6.45, 7) is 6.19. The first-order valence-corrected chi connectivity index (χ1v) is 5.66. The molecule has 0 aliphatic carbocycles. The Labute approximate surface area is 81.9 Å². The predicted octanol–water partition coefficient (Wildman–Crippen LogP) is 2.02. The highest BCUT2D eigenvalue weighted by Crippen LogP contribution is 2.18. The van der Waals surface area contributed by atoms with Gasteiger partial charge < -0.3 is 5.11 Å². The molecule has 1 aliphatic heterocycles. The lowest BCUT2D eigenvalue weighted by Gasteiger charge is -2.29. The molecule has 0 aromatic carbocycles. The van der Waals surface area contributed by atoms with Crippen molar-refractivity contribution < 1.29 is 5.11 Å². The third-order valence-electron chi connectivity index (χ3n) is 2.97. The van der Waals surface area contributed by atoms with Gasteiger partial charge in [0.15, 0.2) is 0 Å². The number of likely N-dealkylation sites (tertiary alicyclic amines) is 1. The lowest BCUT2D eigenvalue weighted by atomic mass is 10.1. The summed E-state index contributed by atoms with van der Waals surface area (Å²) in [6, 6.07) is 0.720. The second-order valence-corrected chi connectivity index (χ2v) is 4.26. The molecule has 13 heavy (non-hydrogen) atoms. The Bertz CT molecular complexity index is 136. The maximum absolute atomic E-state index is 9.37. The molecule has 0 bridgehead atoms. The van der Waals surface area contributed by atoms with Crippen molar-refractivity contribution in [1.29, 1.82) is 0 Å². The SMILES string of the molecule is CCC1CCCCCN1C[C@@H](C)O. The molecule has 1 unspecified atom stereocenters. The Morgan fingerprint density at radius 2 is 2.15 bits per heavy atom. The molecule has 0 radical (unpaired) electrons. The van der Waals surface area contributed by atoms with Crippen molar-refractivity contribution in [1.82, 2.24) is 4.90 Å². The van der Waals surface area contributed by atoms with E-state index in [-0.39, 0.29) is 6.10 Å². The Hall–Kier alpha value is -0.0800. The van der Waals surface area contributed by atoms with Crippen LogP contribution in [0.2, 0.25) is 0 Å². The van der Waals surface area contributed by atoms with Crippen LogP contribution in [0.4, 0.5) is 0 Å². The Morgan fingerprint density at radius 3 is 2.77 bits per heavy atom. The van der Waals surface area contributed by atoms with Crippen LogP contribution in [0.25, 0.3) is 0 Å². The first-order valence-electron chi connectivity index (χ1n) is 5.66. The summed E-state index contributed by atoms with van der Waals surface area (Å²) in [5.41, 5.74) is 0. The molecular formula is C11H23NO. The van der Waals surface area contributed by atoms with Gasteiger partial charge in [-0.25, -0.2) is 0 Å². The molecule has 0 aromatic rings. The Balaban J connectivity index is 2.44. The molecule has 2 atom stereocenters. The van der Waals surface area contributed by atoms with Crippen molar-refractivity contribution in [2.45, 2.75) is 58.1 Å². The van der Waals surface area contributed by atoms with Gasteiger partial charge in [-0.05, 0) is 32.7 Å². The molecular weight excluding hydrogens is 162 g/mol. The maximum atomic E-state index is 9.37. The van der Waals surface area contributed by atoms with E-state index in [1.807, 2.05) is 6.92 Å². The van der Waals surface area contributed by atoms with E-state index < -0.39 is 0 Å². The molecule has 1 heterocycles. The van der Waals surface area contributed by atoms with Gasteiger partial charge in [0.05, 0.1) is 6.10 Å². The minimum atomic E-state index is -0.174. The van der Waals surface area contributed by atoms with E-state index in [9.17, 15) is 5.11 Å². The highest BCUT2D eigenvalue weighted by molar-refractivity contribution is 4.75. The number of rotatable bonds is 3. The van der Waals surface area contributed by atoms with E-state index in [1.54, 1.807) is 0 Å². The molecule has 0 spiro atoms. The largest absolute Gasteiger partial charge is 0.392 e. The topological polar surface area (TPSA) is 23.5 Å². The molecule has 0 aromatic heterocycles. The van der Waals surface area contributed by atoms with E-state index in [0.717, 1.165) is 12.6 Å². The number of hydrogen-bond acceptors (Lipinski definition) is 2. The summed E-state index contributed by atoms with van der Waals surface area (Å²) >= 11 is 0. The van der Waals surface area contributed by atoms with E-state index >= 15 is 0 Å². The van der Waals surface area contributed by atoms with Crippen LogP contribution in [0.3, 0.4) is 0 Å². The fraction of sp³-hybridized carbons (Fsp3) is 1.00. The van der Waals surface area contributed by atoms with Gasteiger partial charge in [0.2, 0.25) is 0 Å². The van der Waals surface area contributed by atoms with Crippen molar-refractivity contribution in [3.63, 3.8) is 0 Å². The van der Waals surface area contributed by atoms with Gasteiger partial charge in [-0.1, -0.05) is 19.8 Å². The first kappa shape index (κ1) is 11.0. The molecule has 1 rings (SSSR count). The van der Waals surface area contributed by atoms with E-state index in [2.05, 4.69) is 11.8 Å². The van der Waals surface area contributed by atoms with Crippen LogP contribution < -0.4 is 0 Å². The van der Waals surface area contributed by atoms with Crippen LogP contribution in [0, 0.1) is 0 Å². The lowest BCUT2D eigenvalue weighted by molar-refractivity contribution is 0.0977. The first-order chi connectivity index (χ1) is 6.24. The van der Waals surface area contributed by atoms with Crippen LogP contribution in [-0.4, -0.2) is 35.2 Å². The maximum Gasteiger partial charge on any atom is 0.0639 e. The molecule has 1 aliphatic rings. The van der Waals surface area contributed by atoms with Crippen molar-refractivity contribution in [3.8, 4) is 0 Å². The van der Waals surface area contributed by atoms with Gasteiger partial charge in [0.25, 0.3) is 0 Å². The third-order valence-corrected chi connectivity index (χ3v) is 2.97. The third kappa shape index (κ3) is 3.65. The minimum absolute atomic E-state index is 0.174. The minimum Gasteiger partial charge on any atom is -0.392 e. The van der Waals surface area contributed by atoms with Gasteiger partial charge in [-0.15, -0.1) is 0 Å². The average Bonchev–Trinajstić information content (AvgIpc) is 2.28. The summed E-state index contributed by atoms with van der Waals surface area (Å²) in [5.74, 6) is 0. The van der Waals surface area contributed by atoms with Gasteiger partial charge in [-0.3, -0.25) is 4.90 Å². The summed E-state index contributed by atoms with van der Waals surface area (Å²) < 4.78 is 0. The molecule has 1 N–H and O–H groups in total. The fourth-order valence-electron chi connectivity index (χ4n) is 2.28. The number of aliphatic hydroxyl groups is 1. The predicted molar refractivity (Wildman–Crippen MR) is 55.8 cm³/mol. The molecule has 1 fully saturated rings. The van der Waals surface area contributed by atoms with Gasteiger partial charge in [0.1, 0.15) is 0 Å². The van der Waals surface area contributed by atoms with E-state index in [4.69, 9.17) is 0 Å². The second-order valence-electron chi connectivity index (χ2n) is 4.26. The summed E-state index contributed by atoms with van der Waals surface area (Å²) in [4.78, 5) is 2.47. The van der Waals surface area contributed by atoms with Crippen LogP contribution in [-0.2, 0) is 0 Å². The number of β-amino-alcohol motifs (C(OH)–C–C–N with tert-alkyl or cyclic N) is 1. The lowest BCUT2D eigenvalue weighted by Crippen LogP contribution is -2.39. The van der Waals surface area contributed by atoms with Crippen molar-refractivity contribution in [2.24, 2.45) is 0 Å². The number of hydrogen-bond donors (Lipinski definition) is 1. The van der Waals surface area contributed by atoms with Gasteiger partial charge >= 0.3 is 0 Å². The molecule has 1 saturated heterocycles.